The van der Waals surface area contributed by atoms with E-state index in [0.29, 0.717) is 27.0 Å². The van der Waals surface area contributed by atoms with Gasteiger partial charge in [0.05, 0.1) is 5.69 Å². The van der Waals surface area contributed by atoms with E-state index in [0.717, 1.165) is 4.57 Å². The molecule has 0 atom stereocenters. The zero-order valence-electron chi connectivity index (χ0n) is 11.3. The van der Waals surface area contributed by atoms with Crippen LogP contribution in [0.1, 0.15) is 0 Å². The van der Waals surface area contributed by atoms with Crippen molar-refractivity contribution in [1.29, 1.82) is 0 Å². The summed E-state index contributed by atoms with van der Waals surface area (Å²) in [6.07, 6.45) is 1.86. The SMILES string of the molecule is CSc1nc2[nH]c(=O)n(-c3ccc(Cl)cc3)c(=O)c2n1C. The molecule has 0 aliphatic carbocycles. The number of aromatic amines is 1. The van der Waals surface area contributed by atoms with Gasteiger partial charge in [0.1, 0.15) is 0 Å². The van der Waals surface area contributed by atoms with Crippen LogP contribution in [-0.4, -0.2) is 25.4 Å². The number of H-pyrrole nitrogens is 1. The molecule has 0 unspecified atom stereocenters. The Morgan fingerprint density at radius 2 is 1.90 bits per heavy atom. The Kier molecular flexibility index (Phi) is 3.38. The second-order valence-corrected chi connectivity index (χ2v) is 5.61. The maximum absolute atomic E-state index is 12.6. The highest BCUT2D eigenvalue weighted by Crippen LogP contribution is 2.17. The number of halogens is 1. The number of hydrogen-bond donors (Lipinski definition) is 1. The zero-order valence-corrected chi connectivity index (χ0v) is 12.8. The molecule has 1 N–H and O–H groups in total. The van der Waals surface area contributed by atoms with Crippen molar-refractivity contribution in [1.82, 2.24) is 19.1 Å². The van der Waals surface area contributed by atoms with Gasteiger partial charge in [-0.2, -0.15) is 0 Å². The summed E-state index contributed by atoms with van der Waals surface area (Å²) in [5.74, 6) is 0. The average Bonchev–Trinajstić information content (AvgIpc) is 2.77. The van der Waals surface area contributed by atoms with Crippen LogP contribution in [0, 0.1) is 0 Å². The fraction of sp³-hybridized carbons (Fsp3) is 0.154. The second-order valence-electron chi connectivity index (χ2n) is 4.40. The fourth-order valence-electron chi connectivity index (χ4n) is 2.17. The summed E-state index contributed by atoms with van der Waals surface area (Å²) >= 11 is 7.23. The molecule has 21 heavy (non-hydrogen) atoms. The summed E-state index contributed by atoms with van der Waals surface area (Å²) in [6, 6.07) is 6.50. The first kappa shape index (κ1) is 14.0. The third-order valence-corrected chi connectivity index (χ3v) is 4.14. The van der Waals surface area contributed by atoms with Crippen LogP contribution in [0.5, 0.6) is 0 Å². The number of benzene rings is 1. The van der Waals surface area contributed by atoms with E-state index < -0.39 is 11.2 Å². The number of hydrogen-bond acceptors (Lipinski definition) is 4. The van der Waals surface area contributed by atoms with Crippen LogP contribution in [0.4, 0.5) is 0 Å². The summed E-state index contributed by atoms with van der Waals surface area (Å²) in [7, 11) is 1.74. The quantitative estimate of drug-likeness (QED) is 0.730. The topological polar surface area (TPSA) is 72.7 Å². The van der Waals surface area contributed by atoms with Crippen molar-refractivity contribution >= 4 is 34.5 Å². The highest BCUT2D eigenvalue weighted by molar-refractivity contribution is 7.98. The van der Waals surface area contributed by atoms with Crippen LogP contribution >= 0.6 is 23.4 Å². The maximum atomic E-state index is 12.6. The molecule has 0 amide bonds. The van der Waals surface area contributed by atoms with Gasteiger partial charge in [-0.05, 0) is 30.5 Å². The van der Waals surface area contributed by atoms with E-state index in [1.807, 2.05) is 6.26 Å². The number of thioether (sulfide) groups is 1. The number of aromatic nitrogens is 4. The normalized spacial score (nSPS) is 11.2. The molecule has 0 bridgehead atoms. The van der Waals surface area contributed by atoms with E-state index in [1.165, 1.54) is 11.8 Å². The van der Waals surface area contributed by atoms with Gasteiger partial charge in [-0.3, -0.25) is 9.78 Å². The molecule has 0 radical (unpaired) electrons. The number of nitrogens with zero attached hydrogens (tertiary/aromatic N) is 3. The van der Waals surface area contributed by atoms with E-state index in [-0.39, 0.29) is 0 Å². The van der Waals surface area contributed by atoms with Gasteiger partial charge in [0.2, 0.25) is 0 Å². The van der Waals surface area contributed by atoms with Crippen LogP contribution in [0.3, 0.4) is 0 Å². The van der Waals surface area contributed by atoms with Gasteiger partial charge in [0.15, 0.2) is 16.3 Å². The average molecular weight is 323 g/mol. The van der Waals surface area contributed by atoms with Crippen LogP contribution < -0.4 is 11.2 Å². The highest BCUT2D eigenvalue weighted by Gasteiger charge is 2.16. The third kappa shape index (κ3) is 2.18. The van der Waals surface area contributed by atoms with E-state index in [1.54, 1.807) is 35.9 Å². The van der Waals surface area contributed by atoms with Gasteiger partial charge in [0.25, 0.3) is 5.56 Å². The lowest BCUT2D eigenvalue weighted by Gasteiger charge is -2.05. The molecule has 0 aliphatic rings. The van der Waals surface area contributed by atoms with E-state index in [2.05, 4.69) is 9.97 Å². The molecule has 3 aromatic rings. The van der Waals surface area contributed by atoms with Gasteiger partial charge >= 0.3 is 5.69 Å². The van der Waals surface area contributed by atoms with Crippen molar-refractivity contribution in [3.05, 3.63) is 50.1 Å². The predicted molar refractivity (Wildman–Crippen MR) is 83.7 cm³/mol. The lowest BCUT2D eigenvalue weighted by Crippen LogP contribution is -2.34. The van der Waals surface area contributed by atoms with Crippen molar-refractivity contribution in [2.75, 3.05) is 6.26 Å². The first-order chi connectivity index (χ1) is 10.0. The van der Waals surface area contributed by atoms with Crippen LogP contribution in [0.25, 0.3) is 16.9 Å². The monoisotopic (exact) mass is 322 g/mol. The standard InChI is InChI=1S/C13H11ClN4O2S/c1-17-9-10(16-13(17)21-2)15-12(20)18(11(9)19)8-5-3-7(14)4-6-8/h3-6H,1-2H3,(H,15,20). The Morgan fingerprint density at radius 3 is 2.52 bits per heavy atom. The van der Waals surface area contributed by atoms with Gasteiger partial charge in [-0.1, -0.05) is 23.4 Å². The zero-order chi connectivity index (χ0) is 15.1. The number of nitrogens with one attached hydrogen (secondary N) is 1. The Bertz CT molecular complexity index is 940. The molecular formula is C13H11ClN4O2S. The Morgan fingerprint density at radius 1 is 1.24 bits per heavy atom. The summed E-state index contributed by atoms with van der Waals surface area (Å²) in [5, 5.41) is 1.20. The Balaban J connectivity index is 2.39. The first-order valence-corrected chi connectivity index (χ1v) is 7.65. The fourth-order valence-corrected chi connectivity index (χ4v) is 2.85. The van der Waals surface area contributed by atoms with Crippen molar-refractivity contribution < 1.29 is 0 Å². The summed E-state index contributed by atoms with van der Waals surface area (Å²) in [5.41, 5.74) is 0.169. The summed E-state index contributed by atoms with van der Waals surface area (Å²) in [6.45, 7) is 0. The molecule has 0 aliphatic heterocycles. The molecule has 8 heteroatoms. The minimum Gasteiger partial charge on any atom is -0.316 e. The smallest absolute Gasteiger partial charge is 0.316 e. The molecule has 0 spiro atoms. The second kappa shape index (κ2) is 5.09. The minimum absolute atomic E-state index is 0.294. The lowest BCUT2D eigenvalue weighted by molar-refractivity contribution is 0.806. The number of aryl methyl sites for hydroxylation is 1. The van der Waals surface area contributed by atoms with Crippen molar-refractivity contribution in [2.24, 2.45) is 7.05 Å². The number of imidazole rings is 1. The van der Waals surface area contributed by atoms with Gasteiger partial charge in [-0.15, -0.1) is 0 Å². The molecule has 0 saturated carbocycles. The van der Waals surface area contributed by atoms with Crippen LogP contribution in [0.15, 0.2) is 39.0 Å². The minimum atomic E-state index is -0.527. The highest BCUT2D eigenvalue weighted by atomic mass is 35.5. The molecule has 3 rings (SSSR count). The molecular weight excluding hydrogens is 312 g/mol. The number of rotatable bonds is 2. The molecule has 2 heterocycles. The molecule has 0 saturated heterocycles. The predicted octanol–water partition coefficient (Wildman–Crippen LogP) is 1.79. The number of fused-ring (bicyclic) bond motifs is 1. The van der Waals surface area contributed by atoms with Crippen LogP contribution in [-0.2, 0) is 7.05 Å². The van der Waals surface area contributed by atoms with E-state index in [4.69, 9.17) is 11.6 Å². The first-order valence-electron chi connectivity index (χ1n) is 6.04. The van der Waals surface area contributed by atoms with Crippen molar-refractivity contribution in [3.8, 4) is 5.69 Å². The lowest BCUT2D eigenvalue weighted by atomic mass is 10.3. The van der Waals surface area contributed by atoms with E-state index in [9.17, 15) is 9.59 Å². The van der Waals surface area contributed by atoms with Crippen molar-refractivity contribution in [2.45, 2.75) is 5.16 Å². The summed E-state index contributed by atoms with van der Waals surface area (Å²) < 4.78 is 2.75. The van der Waals surface area contributed by atoms with Crippen LogP contribution in [0.2, 0.25) is 5.02 Å². The molecule has 2 aromatic heterocycles. The molecule has 1 aromatic carbocycles. The Hall–Kier alpha value is -1.99. The van der Waals surface area contributed by atoms with Gasteiger partial charge < -0.3 is 4.57 Å². The van der Waals surface area contributed by atoms with E-state index >= 15 is 0 Å². The Labute approximate surface area is 128 Å². The molecule has 108 valence electrons. The third-order valence-electron chi connectivity index (χ3n) is 3.16. The maximum Gasteiger partial charge on any atom is 0.334 e. The largest absolute Gasteiger partial charge is 0.334 e. The summed E-state index contributed by atoms with van der Waals surface area (Å²) in [4.78, 5) is 31.7. The molecule has 0 fully saturated rings. The van der Waals surface area contributed by atoms with Gasteiger partial charge in [-0.25, -0.2) is 14.3 Å². The van der Waals surface area contributed by atoms with Crippen molar-refractivity contribution in [3.63, 3.8) is 0 Å². The molecule has 6 nitrogen and oxygen atoms in total. The van der Waals surface area contributed by atoms with Gasteiger partial charge in [0, 0.05) is 12.1 Å².